The smallest absolute Gasteiger partial charge is 0.231 e. The van der Waals surface area contributed by atoms with E-state index in [2.05, 4.69) is 21.6 Å². The molecule has 7 heteroatoms. The fourth-order valence-electron chi connectivity index (χ4n) is 2.54. The average molecular weight is 307 g/mol. The minimum atomic E-state index is -0.665. The Hall–Kier alpha value is -1.55. The van der Waals surface area contributed by atoms with Crippen LogP contribution in [0.1, 0.15) is 52.0 Å². The highest BCUT2D eigenvalue weighted by molar-refractivity contribution is 7.99. The van der Waals surface area contributed by atoms with Crippen molar-refractivity contribution in [1.29, 1.82) is 5.26 Å². The maximum atomic E-state index is 12.1. The zero-order valence-electron chi connectivity index (χ0n) is 12.5. The minimum absolute atomic E-state index is 0.109. The summed E-state index contributed by atoms with van der Waals surface area (Å²) in [5, 5.41) is 20.9. The molecule has 0 aliphatic heterocycles. The van der Waals surface area contributed by atoms with Crippen molar-refractivity contribution >= 4 is 17.7 Å². The number of hydrogen-bond donors (Lipinski definition) is 1. The zero-order chi connectivity index (χ0) is 15.3. The van der Waals surface area contributed by atoms with Gasteiger partial charge in [-0.2, -0.15) is 5.26 Å². The van der Waals surface area contributed by atoms with Crippen LogP contribution in [0, 0.1) is 11.3 Å². The number of thioether (sulfide) groups is 1. The quantitative estimate of drug-likeness (QED) is 0.844. The van der Waals surface area contributed by atoms with Crippen LogP contribution < -0.4 is 5.32 Å². The van der Waals surface area contributed by atoms with E-state index in [1.54, 1.807) is 6.33 Å². The molecule has 1 heterocycles. The van der Waals surface area contributed by atoms with Gasteiger partial charge < -0.3 is 9.88 Å². The lowest BCUT2D eigenvalue weighted by Gasteiger charge is -2.31. The van der Waals surface area contributed by atoms with Crippen molar-refractivity contribution in [2.45, 2.75) is 62.7 Å². The number of rotatable bonds is 5. The van der Waals surface area contributed by atoms with Crippen LogP contribution in [0.2, 0.25) is 0 Å². The van der Waals surface area contributed by atoms with Crippen LogP contribution in [0.5, 0.6) is 0 Å². The van der Waals surface area contributed by atoms with Gasteiger partial charge in [0.25, 0.3) is 0 Å². The number of aromatic nitrogens is 3. The Kier molecular flexibility index (Phi) is 5.23. The maximum Gasteiger partial charge on any atom is 0.231 e. The molecule has 2 rings (SSSR count). The zero-order valence-corrected chi connectivity index (χ0v) is 13.3. The Morgan fingerprint density at radius 1 is 1.52 bits per heavy atom. The number of nitrogens with one attached hydrogen (secondary N) is 1. The molecule has 1 aliphatic carbocycles. The molecule has 1 N–H and O–H groups in total. The van der Waals surface area contributed by atoms with Gasteiger partial charge in [0.05, 0.1) is 11.8 Å². The van der Waals surface area contributed by atoms with Crippen LogP contribution in [-0.4, -0.2) is 32.0 Å². The van der Waals surface area contributed by atoms with Gasteiger partial charge in [-0.25, -0.2) is 0 Å². The Balaban J connectivity index is 1.90. The molecular weight excluding hydrogens is 286 g/mol. The van der Waals surface area contributed by atoms with Crippen LogP contribution in [0.3, 0.4) is 0 Å². The van der Waals surface area contributed by atoms with Crippen LogP contribution in [0.4, 0.5) is 0 Å². The van der Waals surface area contributed by atoms with E-state index in [4.69, 9.17) is 0 Å². The van der Waals surface area contributed by atoms with Crippen molar-refractivity contribution in [3.63, 3.8) is 0 Å². The molecule has 1 aliphatic rings. The van der Waals surface area contributed by atoms with Crippen molar-refractivity contribution in [2.75, 3.05) is 5.75 Å². The molecule has 1 amide bonds. The molecule has 0 spiro atoms. The van der Waals surface area contributed by atoms with E-state index in [0.29, 0.717) is 0 Å². The average Bonchev–Trinajstić information content (AvgIpc) is 2.95. The molecule has 0 aromatic carbocycles. The number of hydrogen-bond acceptors (Lipinski definition) is 5. The van der Waals surface area contributed by atoms with E-state index in [0.717, 1.165) is 37.3 Å². The molecule has 21 heavy (non-hydrogen) atoms. The number of carbonyl (C=O) groups excluding carboxylic acids is 1. The van der Waals surface area contributed by atoms with E-state index >= 15 is 0 Å². The molecule has 1 saturated carbocycles. The lowest BCUT2D eigenvalue weighted by atomic mass is 9.83. The predicted molar refractivity (Wildman–Crippen MR) is 80.7 cm³/mol. The Morgan fingerprint density at radius 2 is 2.24 bits per heavy atom. The van der Waals surface area contributed by atoms with Crippen molar-refractivity contribution < 1.29 is 4.79 Å². The highest BCUT2D eigenvalue weighted by Crippen LogP contribution is 2.28. The molecule has 0 bridgehead atoms. The van der Waals surface area contributed by atoms with E-state index in [1.165, 1.54) is 11.8 Å². The van der Waals surface area contributed by atoms with E-state index in [9.17, 15) is 10.1 Å². The fourth-order valence-corrected chi connectivity index (χ4v) is 3.39. The van der Waals surface area contributed by atoms with E-state index in [-0.39, 0.29) is 17.7 Å². The number of nitrogens with zero attached hydrogens (tertiary/aromatic N) is 4. The lowest BCUT2D eigenvalue weighted by molar-refractivity contribution is -0.120. The van der Waals surface area contributed by atoms with Crippen LogP contribution >= 0.6 is 11.8 Å². The third-order valence-corrected chi connectivity index (χ3v) is 4.69. The number of nitriles is 1. The summed E-state index contributed by atoms with van der Waals surface area (Å²) in [5.74, 6) is 0.149. The highest BCUT2D eigenvalue weighted by atomic mass is 32.2. The second-order valence-corrected chi connectivity index (χ2v) is 6.65. The van der Waals surface area contributed by atoms with Crippen molar-refractivity contribution in [1.82, 2.24) is 20.1 Å². The van der Waals surface area contributed by atoms with E-state index < -0.39 is 5.54 Å². The summed E-state index contributed by atoms with van der Waals surface area (Å²) in [6.07, 6.45) is 6.32. The molecular formula is C14H21N5OS. The summed E-state index contributed by atoms with van der Waals surface area (Å²) >= 11 is 1.36. The molecule has 6 nitrogen and oxygen atoms in total. The normalized spacial score (nSPS) is 17.4. The van der Waals surface area contributed by atoms with Crippen LogP contribution in [0.15, 0.2) is 11.5 Å². The first-order valence-corrected chi connectivity index (χ1v) is 8.29. The van der Waals surface area contributed by atoms with Gasteiger partial charge in [-0.1, -0.05) is 31.0 Å². The Bertz CT molecular complexity index is 528. The molecule has 114 valence electrons. The third kappa shape index (κ3) is 3.97. The van der Waals surface area contributed by atoms with Crippen molar-refractivity contribution in [3.05, 3.63) is 6.33 Å². The molecule has 1 aromatic heterocycles. The maximum absolute atomic E-state index is 12.1. The second-order valence-electron chi connectivity index (χ2n) is 5.71. The molecule has 1 fully saturated rings. The predicted octanol–water partition coefficient (Wildman–Crippen LogP) is 2.29. The minimum Gasteiger partial charge on any atom is -0.337 e. The first-order chi connectivity index (χ1) is 10.1. The first kappa shape index (κ1) is 15.8. The molecule has 0 saturated heterocycles. The number of carbonyl (C=O) groups is 1. The Morgan fingerprint density at radius 3 is 2.86 bits per heavy atom. The monoisotopic (exact) mass is 307 g/mol. The molecule has 1 aromatic rings. The van der Waals surface area contributed by atoms with Crippen molar-refractivity contribution in [3.8, 4) is 6.07 Å². The molecule has 0 unspecified atom stereocenters. The van der Waals surface area contributed by atoms with Gasteiger partial charge in [-0.3, -0.25) is 4.79 Å². The highest BCUT2D eigenvalue weighted by Gasteiger charge is 2.33. The SMILES string of the molecule is CC(C)n1cnnc1SCC(=O)NC1(C#N)CCCCC1. The third-order valence-electron chi connectivity index (χ3n) is 3.73. The fraction of sp³-hybridized carbons (Fsp3) is 0.714. The largest absolute Gasteiger partial charge is 0.337 e. The van der Waals surface area contributed by atoms with Gasteiger partial charge in [0.15, 0.2) is 5.16 Å². The molecule has 0 radical (unpaired) electrons. The summed E-state index contributed by atoms with van der Waals surface area (Å²) in [5.41, 5.74) is -0.665. The summed E-state index contributed by atoms with van der Waals surface area (Å²) in [7, 11) is 0. The summed E-state index contributed by atoms with van der Waals surface area (Å²) < 4.78 is 1.93. The second kappa shape index (κ2) is 6.94. The number of amides is 1. The van der Waals surface area contributed by atoms with E-state index in [1.807, 2.05) is 18.4 Å². The van der Waals surface area contributed by atoms with Gasteiger partial charge in [0.2, 0.25) is 5.91 Å². The standard InChI is InChI=1S/C14H21N5OS/c1-11(2)19-10-16-18-13(19)21-8-12(20)17-14(9-15)6-4-3-5-7-14/h10-11H,3-8H2,1-2H3,(H,17,20). The summed E-state index contributed by atoms with van der Waals surface area (Å²) in [4.78, 5) is 12.1. The molecule has 0 atom stereocenters. The lowest BCUT2D eigenvalue weighted by Crippen LogP contribution is -2.49. The van der Waals surface area contributed by atoms with Gasteiger partial charge >= 0.3 is 0 Å². The first-order valence-electron chi connectivity index (χ1n) is 7.31. The van der Waals surface area contributed by atoms with Crippen LogP contribution in [-0.2, 0) is 4.79 Å². The van der Waals surface area contributed by atoms with Gasteiger partial charge in [0.1, 0.15) is 11.9 Å². The van der Waals surface area contributed by atoms with Crippen LogP contribution in [0.25, 0.3) is 0 Å². The van der Waals surface area contributed by atoms with Gasteiger partial charge in [-0.05, 0) is 26.7 Å². The topological polar surface area (TPSA) is 83.6 Å². The summed E-state index contributed by atoms with van der Waals surface area (Å²) in [6, 6.07) is 2.56. The van der Waals surface area contributed by atoms with Gasteiger partial charge in [0, 0.05) is 6.04 Å². The Labute approximate surface area is 129 Å². The van der Waals surface area contributed by atoms with Gasteiger partial charge in [-0.15, -0.1) is 10.2 Å². The summed E-state index contributed by atoms with van der Waals surface area (Å²) in [6.45, 7) is 4.08. The van der Waals surface area contributed by atoms with Crippen molar-refractivity contribution in [2.24, 2.45) is 0 Å².